The van der Waals surface area contributed by atoms with Gasteiger partial charge in [0.05, 0.1) is 11.3 Å². The van der Waals surface area contributed by atoms with Crippen LogP contribution in [0.3, 0.4) is 0 Å². The molecule has 0 aromatic heterocycles. The third kappa shape index (κ3) is 2.71. The van der Waals surface area contributed by atoms with Gasteiger partial charge >= 0.3 is 0 Å². The molecule has 0 aliphatic carbocycles. The Morgan fingerprint density at radius 1 is 1.61 bits per heavy atom. The molecule has 0 bridgehead atoms. The summed E-state index contributed by atoms with van der Waals surface area (Å²) in [4.78, 5) is 12.0. The van der Waals surface area contributed by atoms with Crippen molar-refractivity contribution in [1.29, 1.82) is 5.26 Å². The lowest BCUT2D eigenvalue weighted by molar-refractivity contribution is -0.126. The van der Waals surface area contributed by atoms with Gasteiger partial charge in [-0.3, -0.25) is 4.79 Å². The number of benzene rings is 1. The van der Waals surface area contributed by atoms with E-state index >= 15 is 0 Å². The van der Waals surface area contributed by atoms with Crippen LogP contribution in [0.2, 0.25) is 0 Å². The van der Waals surface area contributed by atoms with Crippen LogP contribution >= 0.6 is 15.9 Å². The number of amides is 1. The summed E-state index contributed by atoms with van der Waals surface area (Å²) < 4.78 is 6.20. The lowest BCUT2D eigenvalue weighted by Crippen LogP contribution is -2.31. The average Bonchev–Trinajstić information content (AvgIpc) is 2.77. The monoisotopic (exact) mass is 308 g/mol. The fourth-order valence-corrected chi connectivity index (χ4v) is 2.31. The van der Waals surface area contributed by atoms with Crippen LogP contribution < -0.4 is 5.32 Å². The van der Waals surface area contributed by atoms with Gasteiger partial charge in [-0.25, -0.2) is 0 Å². The van der Waals surface area contributed by atoms with E-state index in [9.17, 15) is 4.79 Å². The second-order valence-electron chi connectivity index (χ2n) is 4.35. The van der Waals surface area contributed by atoms with Crippen LogP contribution in [-0.4, -0.2) is 18.6 Å². The molecule has 1 saturated heterocycles. The van der Waals surface area contributed by atoms with Gasteiger partial charge in [-0.05, 0) is 30.5 Å². The van der Waals surface area contributed by atoms with Crippen LogP contribution in [0.15, 0.2) is 22.7 Å². The van der Waals surface area contributed by atoms with Crippen LogP contribution in [0, 0.1) is 17.2 Å². The fourth-order valence-electron chi connectivity index (χ4n) is 1.95. The van der Waals surface area contributed by atoms with E-state index in [4.69, 9.17) is 10.00 Å². The molecule has 2 atom stereocenters. The summed E-state index contributed by atoms with van der Waals surface area (Å²) in [6.07, 6.45) is 0.476. The van der Waals surface area contributed by atoms with Gasteiger partial charge in [-0.2, -0.15) is 5.26 Å². The third-order valence-corrected chi connectivity index (χ3v) is 3.50. The quantitative estimate of drug-likeness (QED) is 0.913. The van der Waals surface area contributed by atoms with Crippen LogP contribution in [0.4, 0.5) is 5.69 Å². The number of hydrogen-bond donors (Lipinski definition) is 1. The minimum Gasteiger partial charge on any atom is -0.368 e. The molecule has 1 heterocycles. The number of halogens is 1. The van der Waals surface area contributed by atoms with Crippen molar-refractivity contribution in [1.82, 2.24) is 0 Å². The molecule has 1 fully saturated rings. The van der Waals surface area contributed by atoms with E-state index < -0.39 is 6.10 Å². The number of hydrogen-bond acceptors (Lipinski definition) is 3. The van der Waals surface area contributed by atoms with Crippen molar-refractivity contribution < 1.29 is 9.53 Å². The zero-order valence-electron chi connectivity index (χ0n) is 9.94. The molecule has 1 aliphatic heterocycles. The minimum atomic E-state index is -0.416. The highest BCUT2D eigenvalue weighted by molar-refractivity contribution is 9.10. The first kappa shape index (κ1) is 13.1. The van der Waals surface area contributed by atoms with Crippen molar-refractivity contribution in [3.63, 3.8) is 0 Å². The average molecular weight is 309 g/mol. The Labute approximate surface area is 114 Å². The van der Waals surface area contributed by atoms with Crippen molar-refractivity contribution in [2.45, 2.75) is 19.4 Å². The van der Waals surface area contributed by atoms with E-state index in [1.165, 1.54) is 0 Å². The largest absolute Gasteiger partial charge is 0.368 e. The zero-order valence-corrected chi connectivity index (χ0v) is 11.5. The Bertz CT molecular complexity index is 510. The molecule has 2 unspecified atom stereocenters. The van der Waals surface area contributed by atoms with E-state index in [1.54, 1.807) is 18.2 Å². The number of nitrogens with zero attached hydrogens (tertiary/aromatic N) is 1. The van der Waals surface area contributed by atoms with Crippen molar-refractivity contribution >= 4 is 27.5 Å². The molecule has 18 heavy (non-hydrogen) atoms. The Morgan fingerprint density at radius 3 is 3.00 bits per heavy atom. The molecule has 0 spiro atoms. The highest BCUT2D eigenvalue weighted by Crippen LogP contribution is 2.24. The maximum absolute atomic E-state index is 12.0. The molecule has 2 rings (SSSR count). The van der Waals surface area contributed by atoms with E-state index in [2.05, 4.69) is 27.3 Å². The first-order valence-electron chi connectivity index (χ1n) is 5.74. The fraction of sp³-hybridized carbons (Fsp3) is 0.385. The van der Waals surface area contributed by atoms with Crippen LogP contribution in [0.1, 0.15) is 18.9 Å². The molecule has 94 valence electrons. The number of anilines is 1. The molecule has 1 aromatic rings. The zero-order chi connectivity index (χ0) is 13.1. The molecule has 1 aliphatic rings. The van der Waals surface area contributed by atoms with Gasteiger partial charge in [0.15, 0.2) is 0 Å². The first-order valence-corrected chi connectivity index (χ1v) is 6.53. The number of carbonyl (C=O) groups excluding carboxylic acids is 1. The highest BCUT2D eigenvalue weighted by atomic mass is 79.9. The Hall–Kier alpha value is -1.38. The van der Waals surface area contributed by atoms with Crippen molar-refractivity contribution in [3.8, 4) is 6.07 Å². The lowest BCUT2D eigenvalue weighted by Gasteiger charge is -2.15. The molecule has 5 heteroatoms. The normalized spacial score (nSPS) is 22.5. The summed E-state index contributed by atoms with van der Waals surface area (Å²) in [6, 6.07) is 7.23. The highest BCUT2D eigenvalue weighted by Gasteiger charge is 2.31. The van der Waals surface area contributed by atoms with E-state index in [0.717, 1.165) is 10.9 Å². The third-order valence-electron chi connectivity index (χ3n) is 3.01. The summed E-state index contributed by atoms with van der Waals surface area (Å²) in [6.45, 7) is 2.61. The Balaban J connectivity index is 2.14. The topological polar surface area (TPSA) is 62.1 Å². The molecular formula is C13H13BrN2O2. The number of carbonyl (C=O) groups is 1. The Kier molecular flexibility index (Phi) is 4.00. The molecule has 0 saturated carbocycles. The smallest absolute Gasteiger partial charge is 0.253 e. The SMILES string of the molecule is CC1CCOC1C(=O)Nc1ccc(Br)cc1C#N. The molecule has 1 N–H and O–H groups in total. The molecule has 0 radical (unpaired) electrons. The van der Waals surface area contributed by atoms with Crippen LogP contribution in [0.25, 0.3) is 0 Å². The molecule has 4 nitrogen and oxygen atoms in total. The molecular weight excluding hydrogens is 296 g/mol. The van der Waals surface area contributed by atoms with Crippen LogP contribution in [0.5, 0.6) is 0 Å². The summed E-state index contributed by atoms with van der Waals surface area (Å²) >= 11 is 3.29. The second-order valence-corrected chi connectivity index (χ2v) is 5.26. The van der Waals surface area contributed by atoms with E-state index in [1.807, 2.05) is 6.92 Å². The second kappa shape index (κ2) is 5.51. The van der Waals surface area contributed by atoms with Gasteiger partial charge in [0.1, 0.15) is 12.2 Å². The van der Waals surface area contributed by atoms with Gasteiger partial charge in [0, 0.05) is 11.1 Å². The van der Waals surface area contributed by atoms with Crippen molar-refractivity contribution in [2.75, 3.05) is 11.9 Å². The summed E-state index contributed by atoms with van der Waals surface area (Å²) in [5, 5.41) is 11.8. The number of nitrogens with one attached hydrogen (secondary N) is 1. The maximum Gasteiger partial charge on any atom is 0.253 e. The number of nitriles is 1. The van der Waals surface area contributed by atoms with Crippen LogP contribution in [-0.2, 0) is 9.53 Å². The maximum atomic E-state index is 12.0. The predicted molar refractivity (Wildman–Crippen MR) is 71.0 cm³/mol. The summed E-state index contributed by atoms with van der Waals surface area (Å²) in [5.41, 5.74) is 0.955. The van der Waals surface area contributed by atoms with Gasteiger partial charge < -0.3 is 10.1 Å². The standard InChI is InChI=1S/C13H13BrN2O2/c1-8-4-5-18-12(8)13(17)16-11-3-2-10(14)6-9(11)7-15/h2-3,6,8,12H,4-5H2,1H3,(H,16,17). The van der Waals surface area contributed by atoms with Gasteiger partial charge in [0.2, 0.25) is 0 Å². The van der Waals surface area contributed by atoms with Gasteiger partial charge in [-0.15, -0.1) is 0 Å². The first-order chi connectivity index (χ1) is 8.61. The van der Waals surface area contributed by atoms with Crippen molar-refractivity contribution in [2.24, 2.45) is 5.92 Å². The molecule has 1 aromatic carbocycles. The Morgan fingerprint density at radius 2 is 2.39 bits per heavy atom. The predicted octanol–water partition coefficient (Wildman–Crippen LogP) is 2.68. The lowest BCUT2D eigenvalue weighted by atomic mass is 10.0. The number of rotatable bonds is 2. The summed E-state index contributed by atoms with van der Waals surface area (Å²) in [7, 11) is 0. The van der Waals surface area contributed by atoms with Gasteiger partial charge in [0.25, 0.3) is 5.91 Å². The molecule has 1 amide bonds. The number of ether oxygens (including phenoxy) is 1. The van der Waals surface area contributed by atoms with Crippen molar-refractivity contribution in [3.05, 3.63) is 28.2 Å². The van der Waals surface area contributed by atoms with Gasteiger partial charge in [-0.1, -0.05) is 22.9 Å². The van der Waals surface area contributed by atoms with E-state index in [0.29, 0.717) is 17.9 Å². The summed E-state index contributed by atoms with van der Waals surface area (Å²) in [5.74, 6) is 0.0322. The van der Waals surface area contributed by atoms with E-state index in [-0.39, 0.29) is 11.8 Å². The minimum absolute atomic E-state index is 0.182.